The van der Waals surface area contributed by atoms with Crippen LogP contribution in [0.5, 0.6) is 11.5 Å². The molecule has 8 nitrogen and oxygen atoms in total. The summed E-state index contributed by atoms with van der Waals surface area (Å²) in [6, 6.07) is 10.8. The van der Waals surface area contributed by atoms with Crippen LogP contribution in [0.25, 0.3) is 22.6 Å². The Morgan fingerprint density at radius 1 is 1.16 bits per heavy atom. The van der Waals surface area contributed by atoms with E-state index in [9.17, 15) is 20.3 Å². The predicted octanol–water partition coefficient (Wildman–Crippen LogP) is 5.84. The van der Waals surface area contributed by atoms with Crippen molar-refractivity contribution in [1.29, 1.82) is 0 Å². The standard InChI is InChI=1S/C22H16ClN3O5/c1-11-5-12(2)21-17(6-11)25-22(31-21)16-9-15(3-4-19(16)27)24-10-13-7-14(23)8-18(20(13)28)26(29)30/h3-10,27-28H,1-2H3. The van der Waals surface area contributed by atoms with Crippen molar-refractivity contribution in [2.75, 3.05) is 0 Å². The van der Waals surface area contributed by atoms with E-state index in [0.29, 0.717) is 22.4 Å². The quantitative estimate of drug-likeness (QED) is 0.235. The fourth-order valence-corrected chi connectivity index (χ4v) is 3.48. The first-order valence-corrected chi connectivity index (χ1v) is 9.53. The third-order valence-corrected chi connectivity index (χ3v) is 4.88. The van der Waals surface area contributed by atoms with E-state index in [2.05, 4.69) is 9.98 Å². The van der Waals surface area contributed by atoms with Crippen LogP contribution in [-0.4, -0.2) is 26.3 Å². The SMILES string of the molecule is Cc1cc(C)c2oc(-c3cc(N=Cc4cc(Cl)cc([N+](=O)[O-])c4O)ccc3O)nc2c1. The van der Waals surface area contributed by atoms with E-state index < -0.39 is 16.4 Å². The number of aryl methyl sites for hydroxylation is 2. The van der Waals surface area contributed by atoms with Gasteiger partial charge in [0.15, 0.2) is 5.58 Å². The van der Waals surface area contributed by atoms with E-state index in [0.717, 1.165) is 17.2 Å². The van der Waals surface area contributed by atoms with Crippen LogP contribution in [0.1, 0.15) is 16.7 Å². The molecule has 0 aliphatic heterocycles. The lowest BCUT2D eigenvalue weighted by atomic mass is 10.1. The highest BCUT2D eigenvalue weighted by atomic mass is 35.5. The molecule has 0 unspecified atom stereocenters. The molecule has 1 aromatic heterocycles. The fraction of sp³-hybridized carbons (Fsp3) is 0.0909. The molecule has 0 bridgehead atoms. The number of aromatic nitrogens is 1. The molecule has 0 atom stereocenters. The van der Waals surface area contributed by atoms with Gasteiger partial charge in [0.1, 0.15) is 11.3 Å². The summed E-state index contributed by atoms with van der Waals surface area (Å²) in [5.74, 6) is -0.345. The van der Waals surface area contributed by atoms with Crippen LogP contribution >= 0.6 is 11.6 Å². The molecule has 1 heterocycles. The van der Waals surface area contributed by atoms with Crippen LogP contribution in [0.15, 0.2) is 51.9 Å². The zero-order valence-electron chi connectivity index (χ0n) is 16.5. The number of rotatable bonds is 4. The second-order valence-corrected chi connectivity index (χ2v) is 7.47. The third-order valence-electron chi connectivity index (χ3n) is 4.66. The highest BCUT2D eigenvalue weighted by Gasteiger charge is 2.18. The minimum absolute atomic E-state index is 0.0406. The summed E-state index contributed by atoms with van der Waals surface area (Å²) in [4.78, 5) is 19.0. The summed E-state index contributed by atoms with van der Waals surface area (Å²) >= 11 is 5.91. The first-order valence-electron chi connectivity index (χ1n) is 9.15. The van der Waals surface area contributed by atoms with Gasteiger partial charge in [-0.1, -0.05) is 17.7 Å². The number of nitro groups is 1. The maximum absolute atomic E-state index is 11.1. The van der Waals surface area contributed by atoms with Crippen molar-refractivity contribution in [2.45, 2.75) is 13.8 Å². The monoisotopic (exact) mass is 437 g/mol. The number of phenols is 2. The summed E-state index contributed by atoms with van der Waals surface area (Å²) in [5, 5.41) is 31.6. The van der Waals surface area contributed by atoms with Crippen molar-refractivity contribution in [3.63, 3.8) is 0 Å². The van der Waals surface area contributed by atoms with Gasteiger partial charge in [0.25, 0.3) is 0 Å². The number of fused-ring (bicyclic) bond motifs is 1. The molecule has 0 fully saturated rings. The average molecular weight is 438 g/mol. The number of halogens is 1. The van der Waals surface area contributed by atoms with Gasteiger partial charge in [0, 0.05) is 22.9 Å². The van der Waals surface area contributed by atoms with Gasteiger partial charge in [-0.2, -0.15) is 0 Å². The van der Waals surface area contributed by atoms with Gasteiger partial charge in [0.05, 0.1) is 16.2 Å². The zero-order valence-corrected chi connectivity index (χ0v) is 17.2. The molecule has 0 radical (unpaired) electrons. The Balaban J connectivity index is 1.74. The van der Waals surface area contributed by atoms with Crippen LogP contribution < -0.4 is 0 Å². The van der Waals surface area contributed by atoms with Gasteiger partial charge in [0.2, 0.25) is 11.6 Å². The molecule has 0 saturated carbocycles. The lowest BCUT2D eigenvalue weighted by molar-refractivity contribution is -0.385. The molecule has 156 valence electrons. The Hall–Kier alpha value is -3.91. The van der Waals surface area contributed by atoms with Gasteiger partial charge in [-0.05, 0) is 55.3 Å². The smallest absolute Gasteiger partial charge is 0.312 e. The second kappa shape index (κ2) is 7.73. The summed E-state index contributed by atoms with van der Waals surface area (Å²) in [5.41, 5.74) is 3.60. The Bertz CT molecular complexity index is 1380. The molecule has 2 N–H and O–H groups in total. The zero-order chi connectivity index (χ0) is 22.3. The summed E-state index contributed by atoms with van der Waals surface area (Å²) in [6.45, 7) is 3.88. The van der Waals surface area contributed by atoms with Crippen molar-refractivity contribution in [3.05, 3.63) is 74.3 Å². The molecule has 31 heavy (non-hydrogen) atoms. The topological polar surface area (TPSA) is 122 Å². The Labute approximate surface area is 181 Å². The van der Waals surface area contributed by atoms with E-state index in [1.807, 2.05) is 26.0 Å². The molecular formula is C22H16ClN3O5. The molecule has 4 aromatic rings. The van der Waals surface area contributed by atoms with Crippen molar-refractivity contribution >= 4 is 40.3 Å². The molecule has 0 saturated heterocycles. The molecule has 0 amide bonds. The van der Waals surface area contributed by atoms with Crippen molar-refractivity contribution < 1.29 is 19.6 Å². The van der Waals surface area contributed by atoms with Gasteiger partial charge in [-0.15, -0.1) is 0 Å². The van der Waals surface area contributed by atoms with E-state index in [-0.39, 0.29) is 22.2 Å². The van der Waals surface area contributed by atoms with Crippen molar-refractivity contribution in [2.24, 2.45) is 4.99 Å². The number of hydrogen-bond donors (Lipinski definition) is 2. The van der Waals surface area contributed by atoms with Crippen LogP contribution in [0.3, 0.4) is 0 Å². The van der Waals surface area contributed by atoms with Crippen molar-refractivity contribution in [3.8, 4) is 23.0 Å². The molecule has 3 aromatic carbocycles. The van der Waals surface area contributed by atoms with E-state index in [1.165, 1.54) is 18.3 Å². The van der Waals surface area contributed by atoms with Gasteiger partial charge >= 0.3 is 5.69 Å². The minimum atomic E-state index is -0.728. The van der Waals surface area contributed by atoms with Crippen LogP contribution in [-0.2, 0) is 0 Å². The summed E-state index contributed by atoms with van der Waals surface area (Å²) < 4.78 is 5.86. The molecule has 0 aliphatic carbocycles. The lowest BCUT2D eigenvalue weighted by Crippen LogP contribution is -1.92. The van der Waals surface area contributed by atoms with Gasteiger partial charge in [-0.3, -0.25) is 15.1 Å². The predicted molar refractivity (Wildman–Crippen MR) is 118 cm³/mol. The van der Waals surface area contributed by atoms with Crippen LogP contribution in [0, 0.1) is 24.0 Å². The Morgan fingerprint density at radius 3 is 2.68 bits per heavy atom. The average Bonchev–Trinajstić information content (AvgIpc) is 3.13. The number of oxazole rings is 1. The molecule has 0 aliphatic rings. The first-order chi connectivity index (χ1) is 14.7. The van der Waals surface area contributed by atoms with E-state index in [1.54, 1.807) is 12.1 Å². The number of benzene rings is 3. The molecule has 4 rings (SSSR count). The normalized spacial score (nSPS) is 11.5. The number of aromatic hydroxyl groups is 2. The molecule has 0 spiro atoms. The lowest BCUT2D eigenvalue weighted by Gasteiger charge is -2.03. The van der Waals surface area contributed by atoms with Crippen molar-refractivity contribution in [1.82, 2.24) is 4.98 Å². The van der Waals surface area contributed by atoms with E-state index in [4.69, 9.17) is 16.0 Å². The van der Waals surface area contributed by atoms with Gasteiger partial charge < -0.3 is 14.6 Å². The second-order valence-electron chi connectivity index (χ2n) is 7.03. The minimum Gasteiger partial charge on any atom is -0.507 e. The van der Waals surface area contributed by atoms with Crippen LogP contribution in [0.2, 0.25) is 5.02 Å². The van der Waals surface area contributed by atoms with Crippen LogP contribution in [0.4, 0.5) is 11.4 Å². The van der Waals surface area contributed by atoms with E-state index >= 15 is 0 Å². The maximum Gasteiger partial charge on any atom is 0.312 e. The number of nitrogens with zero attached hydrogens (tertiary/aromatic N) is 3. The molecule has 9 heteroatoms. The molecular weight excluding hydrogens is 422 g/mol. The first kappa shape index (κ1) is 20.4. The number of aliphatic imine (C=N–C) groups is 1. The fourth-order valence-electron chi connectivity index (χ4n) is 3.25. The Kier molecular flexibility index (Phi) is 5.08. The highest BCUT2D eigenvalue weighted by molar-refractivity contribution is 6.31. The largest absolute Gasteiger partial charge is 0.507 e. The maximum atomic E-state index is 11.1. The van der Waals surface area contributed by atoms with Gasteiger partial charge in [-0.25, -0.2) is 4.98 Å². The Morgan fingerprint density at radius 2 is 1.94 bits per heavy atom. The third kappa shape index (κ3) is 3.93. The number of nitro benzene ring substituents is 1. The summed E-state index contributed by atoms with van der Waals surface area (Å²) in [6.07, 6.45) is 1.25. The summed E-state index contributed by atoms with van der Waals surface area (Å²) in [7, 11) is 0. The number of hydrogen-bond acceptors (Lipinski definition) is 7. The highest BCUT2D eigenvalue weighted by Crippen LogP contribution is 2.36. The number of phenolic OH excluding ortho intramolecular Hbond substituents is 2.